The van der Waals surface area contributed by atoms with E-state index in [1.807, 2.05) is 0 Å². The summed E-state index contributed by atoms with van der Waals surface area (Å²) in [4.78, 5) is 0. The number of hydrogen-bond acceptors (Lipinski definition) is 1. The van der Waals surface area contributed by atoms with Crippen molar-refractivity contribution in [2.75, 3.05) is 6.54 Å². The predicted octanol–water partition coefficient (Wildman–Crippen LogP) is 4.38. The first-order valence-corrected chi connectivity index (χ1v) is 7.26. The summed E-state index contributed by atoms with van der Waals surface area (Å²) in [6, 6.07) is 9.19. The topological polar surface area (TPSA) is 12.0 Å². The maximum absolute atomic E-state index is 3.62. The fourth-order valence-electron chi connectivity index (χ4n) is 2.19. The average molecular weight is 331 g/mol. The highest BCUT2D eigenvalue weighted by atomic mass is 127. The molecule has 2 heteroatoms. The quantitative estimate of drug-likeness (QED) is 0.763. The maximum atomic E-state index is 3.62. The second-order valence-corrected chi connectivity index (χ2v) is 5.49. The molecule has 0 radical (unpaired) electrons. The highest BCUT2D eigenvalue weighted by Gasteiger charge is 2.19. The van der Waals surface area contributed by atoms with Crippen LogP contribution in [0.3, 0.4) is 0 Å². The zero-order valence-electron chi connectivity index (χ0n) is 10.5. The van der Waals surface area contributed by atoms with E-state index in [0.29, 0.717) is 12.0 Å². The SMILES string of the molecule is CCCC(C)C(NCC)c1ccccc1I. The molecule has 1 rings (SSSR count). The van der Waals surface area contributed by atoms with Crippen molar-refractivity contribution in [1.82, 2.24) is 5.32 Å². The van der Waals surface area contributed by atoms with Gasteiger partial charge in [-0.3, -0.25) is 0 Å². The van der Waals surface area contributed by atoms with Gasteiger partial charge in [0.2, 0.25) is 0 Å². The van der Waals surface area contributed by atoms with Crippen LogP contribution in [-0.4, -0.2) is 6.54 Å². The zero-order valence-corrected chi connectivity index (χ0v) is 12.6. The first kappa shape index (κ1) is 14.0. The van der Waals surface area contributed by atoms with Crippen LogP contribution in [0.15, 0.2) is 24.3 Å². The van der Waals surface area contributed by atoms with E-state index in [1.165, 1.54) is 22.0 Å². The van der Waals surface area contributed by atoms with Gasteiger partial charge in [-0.25, -0.2) is 0 Å². The van der Waals surface area contributed by atoms with Crippen LogP contribution in [0.1, 0.15) is 45.2 Å². The van der Waals surface area contributed by atoms with Crippen LogP contribution in [0, 0.1) is 9.49 Å². The van der Waals surface area contributed by atoms with Crippen molar-refractivity contribution < 1.29 is 0 Å². The number of halogens is 1. The number of nitrogens with one attached hydrogen (secondary N) is 1. The molecular weight excluding hydrogens is 309 g/mol. The summed E-state index contributed by atoms with van der Waals surface area (Å²) in [6.45, 7) is 7.82. The molecular formula is C14H22IN. The molecule has 2 atom stereocenters. The van der Waals surface area contributed by atoms with Crippen molar-refractivity contribution in [3.05, 3.63) is 33.4 Å². The summed E-state index contributed by atoms with van der Waals surface area (Å²) in [7, 11) is 0. The Morgan fingerprint density at radius 2 is 1.94 bits per heavy atom. The minimum Gasteiger partial charge on any atom is -0.310 e. The van der Waals surface area contributed by atoms with E-state index in [4.69, 9.17) is 0 Å². The van der Waals surface area contributed by atoms with Crippen molar-refractivity contribution in [2.24, 2.45) is 5.92 Å². The smallest absolute Gasteiger partial charge is 0.0356 e. The fraction of sp³-hybridized carbons (Fsp3) is 0.571. The third-order valence-corrected chi connectivity index (χ3v) is 3.96. The van der Waals surface area contributed by atoms with Gasteiger partial charge < -0.3 is 5.32 Å². The van der Waals surface area contributed by atoms with Crippen LogP contribution < -0.4 is 5.32 Å². The molecule has 0 aromatic heterocycles. The van der Waals surface area contributed by atoms with Gasteiger partial charge in [-0.1, -0.05) is 45.4 Å². The Balaban J connectivity index is 2.88. The first-order valence-electron chi connectivity index (χ1n) is 6.18. The van der Waals surface area contributed by atoms with Gasteiger partial charge in [0.15, 0.2) is 0 Å². The van der Waals surface area contributed by atoms with Gasteiger partial charge in [0.1, 0.15) is 0 Å². The summed E-state index contributed by atoms with van der Waals surface area (Å²) >= 11 is 2.44. The molecule has 90 valence electrons. The normalized spacial score (nSPS) is 14.8. The van der Waals surface area contributed by atoms with E-state index in [2.05, 4.69) is 72.9 Å². The van der Waals surface area contributed by atoms with E-state index in [9.17, 15) is 0 Å². The Bertz CT molecular complexity index is 311. The van der Waals surface area contributed by atoms with Crippen molar-refractivity contribution in [2.45, 2.75) is 39.7 Å². The number of benzene rings is 1. The van der Waals surface area contributed by atoms with Crippen LogP contribution >= 0.6 is 22.6 Å². The van der Waals surface area contributed by atoms with E-state index < -0.39 is 0 Å². The molecule has 0 saturated heterocycles. The van der Waals surface area contributed by atoms with Crippen molar-refractivity contribution in [3.63, 3.8) is 0 Å². The second-order valence-electron chi connectivity index (χ2n) is 4.32. The standard InChI is InChI=1S/C14H22IN/c1-4-8-11(3)14(16-5-2)12-9-6-7-10-13(12)15/h6-7,9-11,14,16H,4-5,8H2,1-3H3. The highest BCUT2D eigenvalue weighted by molar-refractivity contribution is 14.1. The van der Waals surface area contributed by atoms with Crippen LogP contribution in [-0.2, 0) is 0 Å². The molecule has 2 unspecified atom stereocenters. The molecule has 0 aliphatic rings. The molecule has 0 bridgehead atoms. The fourth-order valence-corrected chi connectivity index (χ4v) is 2.91. The van der Waals surface area contributed by atoms with Gasteiger partial charge >= 0.3 is 0 Å². The predicted molar refractivity (Wildman–Crippen MR) is 79.6 cm³/mol. The van der Waals surface area contributed by atoms with Gasteiger partial charge in [-0.15, -0.1) is 0 Å². The van der Waals surface area contributed by atoms with Gasteiger partial charge in [0.05, 0.1) is 0 Å². The molecule has 0 fully saturated rings. The minimum absolute atomic E-state index is 0.498. The molecule has 1 N–H and O–H groups in total. The van der Waals surface area contributed by atoms with Gasteiger partial charge in [-0.2, -0.15) is 0 Å². The summed E-state index contributed by atoms with van der Waals surface area (Å²) in [5, 5.41) is 3.62. The van der Waals surface area contributed by atoms with Gasteiger partial charge in [0, 0.05) is 9.61 Å². The molecule has 0 heterocycles. The molecule has 1 nitrogen and oxygen atoms in total. The monoisotopic (exact) mass is 331 g/mol. The Kier molecular flexibility index (Phi) is 6.36. The van der Waals surface area contributed by atoms with Crippen molar-refractivity contribution >= 4 is 22.6 Å². The molecule has 0 spiro atoms. The maximum Gasteiger partial charge on any atom is 0.0356 e. The lowest BCUT2D eigenvalue weighted by molar-refractivity contribution is 0.368. The second kappa shape index (κ2) is 7.28. The lowest BCUT2D eigenvalue weighted by Crippen LogP contribution is -2.27. The Hall–Kier alpha value is -0.0900. The highest BCUT2D eigenvalue weighted by Crippen LogP contribution is 2.28. The largest absolute Gasteiger partial charge is 0.310 e. The molecule has 0 amide bonds. The van der Waals surface area contributed by atoms with Gasteiger partial charge in [-0.05, 0) is 53.1 Å². The lowest BCUT2D eigenvalue weighted by Gasteiger charge is -2.26. The molecule has 16 heavy (non-hydrogen) atoms. The third-order valence-electron chi connectivity index (χ3n) is 2.98. The average Bonchev–Trinajstić information content (AvgIpc) is 2.27. The van der Waals surface area contributed by atoms with Crippen molar-refractivity contribution in [1.29, 1.82) is 0 Å². The van der Waals surface area contributed by atoms with Crippen LogP contribution in [0.25, 0.3) is 0 Å². The van der Waals surface area contributed by atoms with Crippen LogP contribution in [0.4, 0.5) is 0 Å². The molecule has 0 saturated carbocycles. The number of rotatable bonds is 6. The summed E-state index contributed by atoms with van der Waals surface area (Å²) in [5.41, 5.74) is 1.45. The summed E-state index contributed by atoms with van der Waals surface area (Å²) < 4.78 is 1.37. The minimum atomic E-state index is 0.498. The molecule has 0 aliphatic heterocycles. The number of hydrogen-bond donors (Lipinski definition) is 1. The summed E-state index contributed by atoms with van der Waals surface area (Å²) in [6.07, 6.45) is 2.54. The van der Waals surface area contributed by atoms with Crippen LogP contribution in [0.5, 0.6) is 0 Å². The lowest BCUT2D eigenvalue weighted by atomic mass is 9.91. The van der Waals surface area contributed by atoms with E-state index in [-0.39, 0.29) is 0 Å². The summed E-state index contributed by atoms with van der Waals surface area (Å²) in [5.74, 6) is 0.695. The third kappa shape index (κ3) is 3.74. The van der Waals surface area contributed by atoms with Crippen molar-refractivity contribution in [3.8, 4) is 0 Å². The Labute approximate surface area is 113 Å². The van der Waals surface area contributed by atoms with Crippen LogP contribution in [0.2, 0.25) is 0 Å². The van der Waals surface area contributed by atoms with E-state index >= 15 is 0 Å². The zero-order chi connectivity index (χ0) is 12.0. The van der Waals surface area contributed by atoms with Gasteiger partial charge in [0.25, 0.3) is 0 Å². The molecule has 1 aromatic carbocycles. The van der Waals surface area contributed by atoms with E-state index in [0.717, 1.165) is 6.54 Å². The molecule has 0 aliphatic carbocycles. The van der Waals surface area contributed by atoms with E-state index in [1.54, 1.807) is 0 Å². The first-order chi connectivity index (χ1) is 7.70. The Morgan fingerprint density at radius 1 is 1.25 bits per heavy atom. The Morgan fingerprint density at radius 3 is 2.50 bits per heavy atom. The molecule has 1 aromatic rings.